The van der Waals surface area contributed by atoms with Crippen LogP contribution in [0.5, 0.6) is 0 Å². The second-order valence-electron chi connectivity index (χ2n) is 7.49. The lowest BCUT2D eigenvalue weighted by Gasteiger charge is -2.28. The molecule has 1 heterocycles. The number of alkyl carbamates (subject to hydrolysis) is 1. The van der Waals surface area contributed by atoms with Crippen molar-refractivity contribution in [1.29, 1.82) is 0 Å². The molecule has 1 aromatic heterocycles. The largest absolute Gasteiger partial charge is 0.428 e. The molecule has 0 spiro atoms. The van der Waals surface area contributed by atoms with Gasteiger partial charge in [-0.3, -0.25) is 0 Å². The number of nitrogens with one attached hydrogen (secondary N) is 1. The number of carbonyl (C=O) groups is 1. The zero-order chi connectivity index (χ0) is 21.3. The number of hydrogen-bond acceptors (Lipinski definition) is 4. The smallest absolute Gasteiger partial charge is 0.408 e. The first-order valence-corrected chi connectivity index (χ1v) is 9.96. The van der Waals surface area contributed by atoms with Crippen LogP contribution in [0.15, 0.2) is 60.7 Å². The molecule has 5 heteroatoms. The van der Waals surface area contributed by atoms with Crippen LogP contribution in [0.2, 0.25) is 0 Å². The highest BCUT2D eigenvalue weighted by Crippen LogP contribution is 2.38. The highest BCUT2D eigenvalue weighted by molar-refractivity contribution is 6.02. The summed E-state index contributed by atoms with van der Waals surface area (Å²) < 4.78 is 5.47. The molecule has 152 valence electrons. The molecule has 0 saturated heterocycles. The van der Waals surface area contributed by atoms with Crippen molar-refractivity contribution in [3.05, 3.63) is 77.4 Å². The maximum atomic E-state index is 11.8. The molecule has 0 unspecified atom stereocenters. The number of carbonyl (C=O) groups excluding carboxylic acids is 1. The second-order valence-corrected chi connectivity index (χ2v) is 7.49. The van der Waals surface area contributed by atoms with E-state index in [-0.39, 0.29) is 6.73 Å². The van der Waals surface area contributed by atoms with E-state index in [2.05, 4.69) is 56.4 Å². The third-order valence-electron chi connectivity index (χ3n) is 5.42. The van der Waals surface area contributed by atoms with Crippen LogP contribution in [0.4, 0.5) is 16.2 Å². The molecule has 0 aliphatic rings. The quantitative estimate of drug-likeness (QED) is 0.350. The summed E-state index contributed by atoms with van der Waals surface area (Å²) in [6, 6.07) is 20.5. The molecule has 0 aliphatic carbocycles. The highest BCUT2D eigenvalue weighted by Gasteiger charge is 2.19. The summed E-state index contributed by atoms with van der Waals surface area (Å²) in [7, 11) is 1.56. The summed E-state index contributed by atoms with van der Waals surface area (Å²) in [4.78, 5) is 18.8. The molecule has 0 bridgehead atoms. The number of para-hydroxylation sites is 1. The summed E-state index contributed by atoms with van der Waals surface area (Å²) >= 11 is 0. The number of nitrogens with zero attached hydrogens (tertiary/aromatic N) is 2. The van der Waals surface area contributed by atoms with Crippen molar-refractivity contribution in [3.8, 4) is 0 Å². The molecule has 4 rings (SSSR count). The Labute approximate surface area is 176 Å². The first kappa shape index (κ1) is 19.7. The van der Waals surface area contributed by atoms with Gasteiger partial charge in [-0.15, -0.1) is 0 Å². The fourth-order valence-electron chi connectivity index (χ4n) is 3.73. The molecule has 4 aromatic rings. The summed E-state index contributed by atoms with van der Waals surface area (Å²) in [6.45, 7) is 6.36. The zero-order valence-corrected chi connectivity index (χ0v) is 17.7. The van der Waals surface area contributed by atoms with E-state index in [9.17, 15) is 4.79 Å². The predicted octanol–water partition coefficient (Wildman–Crippen LogP) is 5.76. The Bertz CT molecular complexity index is 1240. The van der Waals surface area contributed by atoms with Crippen molar-refractivity contribution in [1.82, 2.24) is 10.3 Å². The number of aromatic nitrogens is 1. The van der Waals surface area contributed by atoms with Gasteiger partial charge in [0.05, 0.1) is 16.7 Å². The maximum absolute atomic E-state index is 11.8. The van der Waals surface area contributed by atoms with Crippen molar-refractivity contribution in [2.45, 2.75) is 20.8 Å². The van der Waals surface area contributed by atoms with E-state index < -0.39 is 6.09 Å². The normalized spacial score (nSPS) is 10.9. The van der Waals surface area contributed by atoms with Crippen LogP contribution >= 0.6 is 0 Å². The number of aryl methyl sites for hydroxylation is 2. The molecule has 0 atom stereocenters. The lowest BCUT2D eigenvalue weighted by atomic mass is 9.99. The van der Waals surface area contributed by atoms with Crippen LogP contribution in [0.1, 0.15) is 16.7 Å². The molecule has 1 N–H and O–H groups in total. The Morgan fingerprint density at radius 1 is 1.00 bits per heavy atom. The van der Waals surface area contributed by atoms with Gasteiger partial charge in [0.25, 0.3) is 0 Å². The van der Waals surface area contributed by atoms with E-state index in [0.29, 0.717) is 0 Å². The fourth-order valence-corrected chi connectivity index (χ4v) is 3.73. The van der Waals surface area contributed by atoms with Gasteiger partial charge in [0.1, 0.15) is 0 Å². The van der Waals surface area contributed by atoms with E-state index in [4.69, 9.17) is 9.72 Å². The molecule has 5 nitrogen and oxygen atoms in total. The van der Waals surface area contributed by atoms with Crippen LogP contribution in [0.25, 0.3) is 21.8 Å². The molecule has 30 heavy (non-hydrogen) atoms. The Morgan fingerprint density at radius 2 is 1.77 bits per heavy atom. The van der Waals surface area contributed by atoms with E-state index in [1.54, 1.807) is 7.05 Å². The highest BCUT2D eigenvalue weighted by atomic mass is 16.6. The minimum Gasteiger partial charge on any atom is -0.428 e. The van der Waals surface area contributed by atoms with E-state index in [1.165, 1.54) is 5.56 Å². The Kier molecular flexibility index (Phi) is 5.27. The third kappa shape index (κ3) is 3.66. The number of ether oxygens (including phenoxy) is 1. The average Bonchev–Trinajstić information content (AvgIpc) is 2.75. The zero-order valence-electron chi connectivity index (χ0n) is 17.7. The maximum Gasteiger partial charge on any atom is 0.408 e. The van der Waals surface area contributed by atoms with Gasteiger partial charge >= 0.3 is 6.09 Å². The first-order chi connectivity index (χ1) is 14.5. The number of amides is 1. The Hall–Kier alpha value is -3.60. The number of rotatable bonds is 4. The van der Waals surface area contributed by atoms with Crippen LogP contribution in [-0.4, -0.2) is 24.9 Å². The monoisotopic (exact) mass is 399 g/mol. The van der Waals surface area contributed by atoms with Gasteiger partial charge in [-0.25, -0.2) is 9.78 Å². The van der Waals surface area contributed by atoms with Crippen molar-refractivity contribution in [3.63, 3.8) is 0 Å². The number of hydrogen-bond donors (Lipinski definition) is 1. The van der Waals surface area contributed by atoms with Crippen LogP contribution in [0.3, 0.4) is 0 Å². The summed E-state index contributed by atoms with van der Waals surface area (Å²) in [5, 5.41) is 4.63. The minimum absolute atomic E-state index is 0.0922. The van der Waals surface area contributed by atoms with Crippen LogP contribution < -0.4 is 10.2 Å². The van der Waals surface area contributed by atoms with Gasteiger partial charge in [-0.05, 0) is 68.3 Å². The standard InChI is InChI=1S/C25H25N3O2/c1-16-10-11-22-19(12-16)14-21-23(27-22)13-17(2)18(3)24(21)28(15-30-25(29)26-4)20-8-6-5-7-9-20/h5-14H,15H2,1-4H3,(H,26,29). The molecule has 3 aromatic carbocycles. The molecular weight excluding hydrogens is 374 g/mol. The third-order valence-corrected chi connectivity index (χ3v) is 5.42. The summed E-state index contributed by atoms with van der Waals surface area (Å²) in [5.74, 6) is 0. The Morgan fingerprint density at radius 3 is 2.50 bits per heavy atom. The number of pyridine rings is 1. The average molecular weight is 399 g/mol. The number of fused-ring (bicyclic) bond motifs is 2. The molecule has 0 aliphatic heterocycles. The van der Waals surface area contributed by atoms with Gasteiger partial charge in [-0.1, -0.05) is 29.8 Å². The van der Waals surface area contributed by atoms with Gasteiger partial charge < -0.3 is 15.0 Å². The van der Waals surface area contributed by atoms with E-state index in [0.717, 1.165) is 44.3 Å². The lowest BCUT2D eigenvalue weighted by molar-refractivity contribution is 0.151. The van der Waals surface area contributed by atoms with Gasteiger partial charge in [0, 0.05) is 23.5 Å². The topological polar surface area (TPSA) is 54.5 Å². The second kappa shape index (κ2) is 8.03. The first-order valence-electron chi connectivity index (χ1n) is 9.96. The molecule has 1 amide bonds. The summed E-state index contributed by atoms with van der Waals surface area (Å²) in [6.07, 6.45) is -0.468. The van der Waals surface area contributed by atoms with E-state index >= 15 is 0 Å². The van der Waals surface area contributed by atoms with Gasteiger partial charge in [0.15, 0.2) is 6.73 Å². The SMILES string of the molecule is CNC(=O)OCN(c1ccccc1)c1c(C)c(C)cc2nc3ccc(C)cc3cc12. The number of anilines is 2. The molecule has 0 radical (unpaired) electrons. The predicted molar refractivity (Wildman–Crippen MR) is 122 cm³/mol. The van der Waals surface area contributed by atoms with Crippen molar-refractivity contribution in [2.75, 3.05) is 18.7 Å². The Balaban J connectivity index is 1.98. The van der Waals surface area contributed by atoms with Crippen molar-refractivity contribution in [2.24, 2.45) is 0 Å². The van der Waals surface area contributed by atoms with Gasteiger partial charge in [0.2, 0.25) is 0 Å². The summed E-state index contributed by atoms with van der Waals surface area (Å²) in [5.41, 5.74) is 7.28. The van der Waals surface area contributed by atoms with Gasteiger partial charge in [-0.2, -0.15) is 0 Å². The molecule has 0 fully saturated rings. The van der Waals surface area contributed by atoms with E-state index in [1.807, 2.05) is 35.2 Å². The van der Waals surface area contributed by atoms with Crippen LogP contribution in [0, 0.1) is 20.8 Å². The van der Waals surface area contributed by atoms with Crippen molar-refractivity contribution >= 4 is 39.3 Å². The molecule has 0 saturated carbocycles. The fraction of sp³-hybridized carbons (Fsp3) is 0.200. The lowest BCUT2D eigenvalue weighted by Crippen LogP contribution is -2.28. The van der Waals surface area contributed by atoms with Crippen molar-refractivity contribution < 1.29 is 9.53 Å². The minimum atomic E-state index is -0.468. The number of benzene rings is 3. The molecular formula is C25H25N3O2. The van der Waals surface area contributed by atoms with Crippen LogP contribution in [-0.2, 0) is 4.74 Å².